The molecule has 0 saturated heterocycles. The highest BCUT2D eigenvalue weighted by molar-refractivity contribution is 7.99. The van der Waals surface area contributed by atoms with E-state index < -0.39 is 5.76 Å². The second-order valence-corrected chi connectivity index (χ2v) is 7.08. The molecule has 1 amide bonds. The van der Waals surface area contributed by atoms with Gasteiger partial charge < -0.3 is 10.1 Å². The largest absolute Gasteiger partial charge is 0.496 e. The first-order valence-corrected chi connectivity index (χ1v) is 8.99. The van der Waals surface area contributed by atoms with Crippen LogP contribution in [0.3, 0.4) is 0 Å². The van der Waals surface area contributed by atoms with Crippen LogP contribution in [0.2, 0.25) is 5.02 Å². The highest BCUT2D eigenvalue weighted by Crippen LogP contribution is 2.26. The highest BCUT2D eigenvalue weighted by atomic mass is 35.5. The molecule has 2 rings (SSSR count). The van der Waals surface area contributed by atoms with Crippen LogP contribution in [0, 0.1) is 0 Å². The van der Waals surface area contributed by atoms with E-state index in [2.05, 4.69) is 5.32 Å². The first-order valence-electron chi connectivity index (χ1n) is 7.73. The average molecular weight is 401 g/mol. The number of nitrogens with one attached hydrogen (secondary N) is 1. The van der Waals surface area contributed by atoms with Crippen molar-refractivity contribution in [1.29, 1.82) is 0 Å². The molecule has 0 aliphatic heterocycles. The summed E-state index contributed by atoms with van der Waals surface area (Å²) in [6, 6.07) is 11.6. The topological polar surface area (TPSA) is 41.6 Å². The van der Waals surface area contributed by atoms with Crippen LogP contribution in [0.4, 0.5) is 14.5 Å². The van der Waals surface area contributed by atoms with Gasteiger partial charge in [-0.05, 0) is 49.5 Å². The maximum absolute atomic E-state index is 12.3. The number of alkyl halides is 2. The van der Waals surface area contributed by atoms with Gasteiger partial charge in [-0.25, -0.2) is 0 Å². The lowest BCUT2D eigenvalue weighted by Gasteiger charge is -2.18. The van der Waals surface area contributed by atoms with Crippen molar-refractivity contribution in [2.24, 2.45) is 0 Å². The minimum Gasteiger partial charge on any atom is -0.496 e. The van der Waals surface area contributed by atoms with Gasteiger partial charge in [0.25, 0.3) is 5.76 Å². The Balaban J connectivity index is 1.90. The maximum Gasteiger partial charge on any atom is 0.288 e. The number of carbonyl (C=O) groups excluding carboxylic acids is 1. The third-order valence-electron chi connectivity index (χ3n) is 3.46. The minimum atomic E-state index is -2.47. The van der Waals surface area contributed by atoms with E-state index in [1.54, 1.807) is 49.6 Å². The van der Waals surface area contributed by atoms with Gasteiger partial charge in [0, 0.05) is 27.7 Å². The van der Waals surface area contributed by atoms with Gasteiger partial charge in [-0.3, -0.25) is 9.69 Å². The van der Waals surface area contributed by atoms with E-state index in [1.165, 1.54) is 0 Å². The van der Waals surface area contributed by atoms with Crippen LogP contribution in [0.1, 0.15) is 5.56 Å². The summed E-state index contributed by atoms with van der Waals surface area (Å²) >= 11 is 6.48. The molecule has 26 heavy (non-hydrogen) atoms. The lowest BCUT2D eigenvalue weighted by molar-refractivity contribution is -0.117. The van der Waals surface area contributed by atoms with Crippen molar-refractivity contribution in [1.82, 2.24) is 4.90 Å². The van der Waals surface area contributed by atoms with Gasteiger partial charge in [-0.1, -0.05) is 23.4 Å². The van der Waals surface area contributed by atoms with Crippen molar-refractivity contribution in [3.8, 4) is 5.75 Å². The molecule has 0 saturated carbocycles. The SMILES string of the molecule is COc1ccc(Cl)cc1CN(C)CC(=O)Nc1ccc(SC(F)F)cc1. The summed E-state index contributed by atoms with van der Waals surface area (Å²) in [5.41, 5.74) is 1.44. The maximum atomic E-state index is 12.3. The third-order valence-corrected chi connectivity index (χ3v) is 4.42. The lowest BCUT2D eigenvalue weighted by atomic mass is 10.2. The molecule has 0 atom stereocenters. The molecule has 0 bridgehead atoms. The van der Waals surface area contributed by atoms with E-state index in [0.717, 1.165) is 5.56 Å². The number of thioether (sulfide) groups is 1. The number of amides is 1. The van der Waals surface area contributed by atoms with Gasteiger partial charge >= 0.3 is 0 Å². The molecule has 0 spiro atoms. The van der Waals surface area contributed by atoms with E-state index in [0.29, 0.717) is 39.7 Å². The van der Waals surface area contributed by atoms with Crippen LogP contribution in [0.25, 0.3) is 0 Å². The number of nitrogens with zero attached hydrogens (tertiary/aromatic N) is 1. The highest BCUT2D eigenvalue weighted by Gasteiger charge is 2.11. The zero-order valence-corrected chi connectivity index (χ0v) is 15.9. The van der Waals surface area contributed by atoms with Crippen LogP contribution in [0.5, 0.6) is 5.75 Å². The molecule has 0 fully saturated rings. The summed E-state index contributed by atoms with van der Waals surface area (Å²) < 4.78 is 29.9. The Labute approximate surface area is 160 Å². The van der Waals surface area contributed by atoms with Crippen LogP contribution in [0.15, 0.2) is 47.4 Å². The number of anilines is 1. The molecule has 0 aromatic heterocycles. The Morgan fingerprint density at radius 3 is 2.58 bits per heavy atom. The number of hydrogen-bond acceptors (Lipinski definition) is 4. The van der Waals surface area contributed by atoms with E-state index in [1.807, 2.05) is 11.9 Å². The summed E-state index contributed by atoms with van der Waals surface area (Å²) in [6.07, 6.45) is 0. The van der Waals surface area contributed by atoms with Gasteiger partial charge in [0.15, 0.2) is 0 Å². The number of hydrogen-bond donors (Lipinski definition) is 1. The van der Waals surface area contributed by atoms with E-state index in [9.17, 15) is 13.6 Å². The van der Waals surface area contributed by atoms with Crippen LogP contribution in [-0.4, -0.2) is 37.3 Å². The van der Waals surface area contributed by atoms with E-state index in [4.69, 9.17) is 16.3 Å². The Morgan fingerprint density at radius 2 is 1.96 bits per heavy atom. The van der Waals surface area contributed by atoms with Crippen molar-refractivity contribution in [2.75, 3.05) is 26.0 Å². The fourth-order valence-electron chi connectivity index (χ4n) is 2.38. The number of rotatable bonds is 8. The first-order chi connectivity index (χ1) is 12.4. The second kappa shape index (κ2) is 9.75. The Morgan fingerprint density at radius 1 is 1.27 bits per heavy atom. The third kappa shape index (κ3) is 6.48. The summed E-state index contributed by atoms with van der Waals surface area (Å²) in [5, 5.41) is 3.34. The molecule has 0 aliphatic carbocycles. The van der Waals surface area contributed by atoms with Crippen LogP contribution in [-0.2, 0) is 11.3 Å². The average Bonchev–Trinajstić information content (AvgIpc) is 2.56. The number of carbonyl (C=O) groups is 1. The molecule has 0 unspecified atom stereocenters. The van der Waals surface area contributed by atoms with Crippen LogP contribution >= 0.6 is 23.4 Å². The standard InChI is InChI=1S/C18H19ClF2N2O2S/c1-23(10-12-9-13(19)3-8-16(12)25-2)11-17(24)22-14-4-6-15(7-5-14)26-18(20)21/h3-9,18H,10-11H2,1-2H3,(H,22,24). The molecular formula is C18H19ClF2N2O2S. The molecule has 2 aromatic rings. The minimum absolute atomic E-state index is 0.156. The molecule has 4 nitrogen and oxygen atoms in total. The Bertz CT molecular complexity index is 744. The van der Waals surface area contributed by atoms with E-state index in [-0.39, 0.29) is 12.5 Å². The Hall–Kier alpha value is -1.83. The van der Waals surface area contributed by atoms with Crippen molar-refractivity contribution in [2.45, 2.75) is 17.2 Å². The molecule has 8 heteroatoms. The fourth-order valence-corrected chi connectivity index (χ4v) is 3.08. The molecule has 0 heterocycles. The summed E-state index contributed by atoms with van der Waals surface area (Å²) in [5.74, 6) is -1.97. The first kappa shape index (κ1) is 20.5. The molecule has 140 valence electrons. The smallest absolute Gasteiger partial charge is 0.288 e. The van der Waals surface area contributed by atoms with Crippen molar-refractivity contribution in [3.63, 3.8) is 0 Å². The Kier molecular flexibility index (Phi) is 7.68. The normalized spacial score (nSPS) is 11.0. The summed E-state index contributed by atoms with van der Waals surface area (Å²) in [4.78, 5) is 14.4. The van der Waals surface area contributed by atoms with Gasteiger partial charge in [-0.15, -0.1) is 0 Å². The number of ether oxygens (including phenoxy) is 1. The van der Waals surface area contributed by atoms with Gasteiger partial charge in [0.1, 0.15) is 5.75 Å². The molecular weight excluding hydrogens is 382 g/mol. The summed E-state index contributed by atoms with van der Waals surface area (Å²) in [7, 11) is 3.39. The number of likely N-dealkylation sites (N-methyl/N-ethyl adjacent to an activating group) is 1. The zero-order chi connectivity index (χ0) is 19.1. The van der Waals surface area contributed by atoms with Gasteiger partial charge in [0.2, 0.25) is 5.91 Å². The van der Waals surface area contributed by atoms with Crippen LogP contribution < -0.4 is 10.1 Å². The summed E-state index contributed by atoms with van der Waals surface area (Å²) in [6.45, 7) is 0.643. The quantitative estimate of drug-likeness (QED) is 0.650. The van der Waals surface area contributed by atoms with Gasteiger partial charge in [-0.2, -0.15) is 8.78 Å². The number of benzene rings is 2. The van der Waals surface area contributed by atoms with Crippen molar-refractivity contribution >= 4 is 35.0 Å². The molecule has 2 aromatic carbocycles. The van der Waals surface area contributed by atoms with Crippen molar-refractivity contribution in [3.05, 3.63) is 53.1 Å². The predicted molar refractivity (Wildman–Crippen MR) is 101 cm³/mol. The lowest BCUT2D eigenvalue weighted by Crippen LogP contribution is -2.30. The molecule has 0 radical (unpaired) electrons. The fraction of sp³-hybridized carbons (Fsp3) is 0.278. The molecule has 1 N–H and O–H groups in total. The monoisotopic (exact) mass is 400 g/mol. The van der Waals surface area contributed by atoms with Crippen molar-refractivity contribution < 1.29 is 18.3 Å². The second-order valence-electron chi connectivity index (χ2n) is 5.58. The van der Waals surface area contributed by atoms with E-state index >= 15 is 0 Å². The van der Waals surface area contributed by atoms with Gasteiger partial charge in [0.05, 0.1) is 13.7 Å². The number of halogens is 3. The zero-order valence-electron chi connectivity index (χ0n) is 14.3. The predicted octanol–water partition coefficient (Wildman–Crippen LogP) is 4.73. The molecule has 0 aliphatic rings. The number of methoxy groups -OCH3 is 1.